The zero-order chi connectivity index (χ0) is 15.9. The Bertz CT molecular complexity index is 661. The smallest absolute Gasteiger partial charge is 0.238 e. The van der Waals surface area contributed by atoms with Crippen molar-refractivity contribution in [3.05, 3.63) is 63.1 Å². The number of nitrogens with one attached hydrogen (secondary N) is 2. The Morgan fingerprint density at radius 2 is 2.05 bits per heavy atom. The van der Waals surface area contributed by atoms with E-state index >= 15 is 0 Å². The summed E-state index contributed by atoms with van der Waals surface area (Å²) in [5.74, 6) is -0.0538. The minimum absolute atomic E-state index is 0.0538. The minimum Gasteiger partial charge on any atom is -0.325 e. The van der Waals surface area contributed by atoms with Gasteiger partial charge in [-0.1, -0.05) is 45.7 Å². The molecule has 2 N–H and O–H groups in total. The normalized spacial score (nSPS) is 10.5. The first kappa shape index (κ1) is 17.0. The molecule has 22 heavy (non-hydrogen) atoms. The fraction of sp³-hybridized carbons (Fsp3) is 0.235. The molecule has 0 heterocycles. The molecule has 0 saturated carbocycles. The zero-order valence-corrected chi connectivity index (χ0v) is 14.7. The standard InChI is InChI=1S/C17H18BrClN2O/c1-12-5-6-15(10-16(12)18)21-17(22)11-20-8-7-13-3-2-4-14(19)9-13/h2-6,9-10,20H,7-8,11H2,1H3,(H,21,22). The largest absolute Gasteiger partial charge is 0.325 e. The Morgan fingerprint density at radius 3 is 2.77 bits per heavy atom. The molecular weight excluding hydrogens is 364 g/mol. The Hall–Kier alpha value is -1.36. The van der Waals surface area contributed by atoms with Crippen molar-refractivity contribution in [1.29, 1.82) is 0 Å². The summed E-state index contributed by atoms with van der Waals surface area (Å²) in [6.07, 6.45) is 0.837. The number of aryl methyl sites for hydroxylation is 1. The first-order valence-electron chi connectivity index (χ1n) is 7.06. The van der Waals surface area contributed by atoms with Crippen LogP contribution in [0.2, 0.25) is 5.02 Å². The maximum absolute atomic E-state index is 11.9. The number of anilines is 1. The van der Waals surface area contributed by atoms with Gasteiger partial charge in [0.15, 0.2) is 0 Å². The number of rotatable bonds is 6. The van der Waals surface area contributed by atoms with Crippen LogP contribution >= 0.6 is 27.5 Å². The molecule has 0 fully saturated rings. The van der Waals surface area contributed by atoms with E-state index in [2.05, 4.69) is 26.6 Å². The average molecular weight is 382 g/mol. The summed E-state index contributed by atoms with van der Waals surface area (Å²) in [5, 5.41) is 6.73. The van der Waals surface area contributed by atoms with Gasteiger partial charge in [0.1, 0.15) is 0 Å². The second kappa shape index (κ2) is 8.32. The molecule has 0 saturated heterocycles. The van der Waals surface area contributed by atoms with E-state index in [0.717, 1.165) is 39.3 Å². The van der Waals surface area contributed by atoms with E-state index in [4.69, 9.17) is 11.6 Å². The van der Waals surface area contributed by atoms with Gasteiger partial charge in [0.2, 0.25) is 5.91 Å². The molecular formula is C17H18BrClN2O. The topological polar surface area (TPSA) is 41.1 Å². The van der Waals surface area contributed by atoms with Crippen LogP contribution in [0.5, 0.6) is 0 Å². The van der Waals surface area contributed by atoms with Gasteiger partial charge >= 0.3 is 0 Å². The SMILES string of the molecule is Cc1ccc(NC(=O)CNCCc2cccc(Cl)c2)cc1Br. The van der Waals surface area contributed by atoms with E-state index in [1.54, 1.807) is 0 Å². The van der Waals surface area contributed by atoms with Gasteiger partial charge in [0.25, 0.3) is 0 Å². The highest BCUT2D eigenvalue weighted by Crippen LogP contribution is 2.20. The van der Waals surface area contributed by atoms with Gasteiger partial charge in [-0.3, -0.25) is 4.79 Å². The van der Waals surface area contributed by atoms with Crippen LogP contribution in [0.15, 0.2) is 46.9 Å². The minimum atomic E-state index is -0.0538. The van der Waals surface area contributed by atoms with Crippen LogP contribution in [0.1, 0.15) is 11.1 Å². The molecule has 0 bridgehead atoms. The highest BCUT2D eigenvalue weighted by molar-refractivity contribution is 9.10. The molecule has 2 aromatic carbocycles. The van der Waals surface area contributed by atoms with Crippen molar-refractivity contribution in [2.75, 3.05) is 18.4 Å². The van der Waals surface area contributed by atoms with Crippen LogP contribution in [0.4, 0.5) is 5.69 Å². The lowest BCUT2D eigenvalue weighted by Gasteiger charge is -2.08. The van der Waals surface area contributed by atoms with Gasteiger partial charge < -0.3 is 10.6 Å². The number of carbonyl (C=O) groups excluding carboxylic acids is 1. The predicted octanol–water partition coefficient (Wildman–Crippen LogP) is 4.18. The van der Waals surface area contributed by atoms with Crippen LogP contribution in [-0.4, -0.2) is 19.0 Å². The number of hydrogen-bond donors (Lipinski definition) is 2. The fourth-order valence-electron chi connectivity index (χ4n) is 2.00. The Morgan fingerprint density at radius 1 is 1.23 bits per heavy atom. The van der Waals surface area contributed by atoms with Crippen molar-refractivity contribution < 1.29 is 4.79 Å². The molecule has 2 aromatic rings. The van der Waals surface area contributed by atoms with Gasteiger partial charge in [-0.15, -0.1) is 0 Å². The van der Waals surface area contributed by atoms with E-state index in [1.807, 2.05) is 49.4 Å². The monoisotopic (exact) mass is 380 g/mol. The molecule has 2 rings (SSSR count). The number of hydrogen-bond acceptors (Lipinski definition) is 2. The molecule has 0 radical (unpaired) electrons. The fourth-order valence-corrected chi connectivity index (χ4v) is 2.59. The molecule has 0 aliphatic heterocycles. The quantitative estimate of drug-likeness (QED) is 0.737. The van der Waals surface area contributed by atoms with Crippen LogP contribution in [-0.2, 0) is 11.2 Å². The average Bonchev–Trinajstić information content (AvgIpc) is 2.48. The third-order valence-electron chi connectivity index (χ3n) is 3.22. The summed E-state index contributed by atoms with van der Waals surface area (Å²) in [4.78, 5) is 11.9. The second-order valence-corrected chi connectivity index (χ2v) is 6.36. The van der Waals surface area contributed by atoms with Crippen molar-refractivity contribution in [3.63, 3.8) is 0 Å². The summed E-state index contributed by atoms with van der Waals surface area (Å²) >= 11 is 9.39. The maximum atomic E-state index is 11.9. The number of halogens is 2. The zero-order valence-electron chi connectivity index (χ0n) is 12.3. The van der Waals surface area contributed by atoms with Gasteiger partial charge in [0, 0.05) is 15.2 Å². The lowest BCUT2D eigenvalue weighted by molar-refractivity contribution is -0.115. The van der Waals surface area contributed by atoms with E-state index in [1.165, 1.54) is 0 Å². The molecule has 0 spiro atoms. The number of carbonyl (C=O) groups is 1. The molecule has 3 nitrogen and oxygen atoms in total. The van der Waals surface area contributed by atoms with Gasteiger partial charge in [-0.2, -0.15) is 0 Å². The first-order valence-corrected chi connectivity index (χ1v) is 8.23. The van der Waals surface area contributed by atoms with Gasteiger partial charge in [-0.25, -0.2) is 0 Å². The lowest BCUT2D eigenvalue weighted by Crippen LogP contribution is -2.29. The highest BCUT2D eigenvalue weighted by atomic mass is 79.9. The third-order valence-corrected chi connectivity index (χ3v) is 4.31. The molecule has 0 unspecified atom stereocenters. The molecule has 0 aliphatic carbocycles. The molecule has 116 valence electrons. The van der Waals surface area contributed by atoms with Crippen molar-refractivity contribution in [1.82, 2.24) is 5.32 Å². The van der Waals surface area contributed by atoms with E-state index < -0.39 is 0 Å². The van der Waals surface area contributed by atoms with Crippen molar-refractivity contribution >= 4 is 39.1 Å². The van der Waals surface area contributed by atoms with Crippen LogP contribution in [0.3, 0.4) is 0 Å². The van der Waals surface area contributed by atoms with Crippen molar-refractivity contribution in [2.24, 2.45) is 0 Å². The van der Waals surface area contributed by atoms with E-state index in [-0.39, 0.29) is 12.5 Å². The summed E-state index contributed by atoms with van der Waals surface area (Å²) in [6, 6.07) is 13.5. The molecule has 0 atom stereocenters. The van der Waals surface area contributed by atoms with E-state index in [0.29, 0.717) is 0 Å². The van der Waals surface area contributed by atoms with Crippen LogP contribution in [0, 0.1) is 6.92 Å². The number of benzene rings is 2. The highest BCUT2D eigenvalue weighted by Gasteiger charge is 2.03. The van der Waals surface area contributed by atoms with Crippen LogP contribution in [0.25, 0.3) is 0 Å². The van der Waals surface area contributed by atoms with Gasteiger partial charge in [0.05, 0.1) is 6.54 Å². The Balaban J connectivity index is 1.72. The number of amides is 1. The second-order valence-electron chi connectivity index (χ2n) is 5.07. The molecule has 0 aromatic heterocycles. The first-order chi connectivity index (χ1) is 10.5. The van der Waals surface area contributed by atoms with Crippen LogP contribution < -0.4 is 10.6 Å². The Kier molecular flexibility index (Phi) is 6.43. The summed E-state index contributed by atoms with van der Waals surface area (Å²) in [6.45, 7) is 3.02. The molecule has 1 amide bonds. The van der Waals surface area contributed by atoms with E-state index in [9.17, 15) is 4.79 Å². The van der Waals surface area contributed by atoms with Gasteiger partial charge in [-0.05, 0) is 55.3 Å². The van der Waals surface area contributed by atoms with Crippen molar-refractivity contribution in [2.45, 2.75) is 13.3 Å². The lowest BCUT2D eigenvalue weighted by atomic mass is 10.1. The summed E-state index contributed by atoms with van der Waals surface area (Å²) < 4.78 is 0.985. The summed E-state index contributed by atoms with van der Waals surface area (Å²) in [7, 11) is 0. The molecule has 5 heteroatoms. The molecule has 0 aliphatic rings. The third kappa shape index (κ3) is 5.44. The predicted molar refractivity (Wildman–Crippen MR) is 95.5 cm³/mol. The maximum Gasteiger partial charge on any atom is 0.238 e. The van der Waals surface area contributed by atoms with Crippen molar-refractivity contribution in [3.8, 4) is 0 Å². The summed E-state index contributed by atoms with van der Waals surface area (Å²) in [5.41, 5.74) is 3.08. The Labute approximate surface area is 144 Å².